The van der Waals surface area contributed by atoms with Crippen molar-refractivity contribution >= 4 is 0 Å². The van der Waals surface area contributed by atoms with Gasteiger partial charge >= 0.3 is 0 Å². The van der Waals surface area contributed by atoms with Gasteiger partial charge in [0.05, 0.1) is 0 Å². The van der Waals surface area contributed by atoms with Crippen molar-refractivity contribution in [1.82, 2.24) is 9.88 Å². The fourth-order valence-electron chi connectivity index (χ4n) is 1.42. The van der Waals surface area contributed by atoms with Gasteiger partial charge in [-0.1, -0.05) is 6.08 Å². The molecule has 1 aromatic rings. The lowest BCUT2D eigenvalue weighted by atomic mass is 10.2. The molecule has 0 bridgehead atoms. The standard InChI is InChI=1S/C12H20N2/c1-4-6-11(3)13-9-12-7-8-14(5-2)10-12/h4,7-8,10-11,13H,1,5-6,9H2,2-3H3. The first-order chi connectivity index (χ1) is 6.76. The van der Waals surface area contributed by atoms with E-state index in [2.05, 4.69) is 48.8 Å². The van der Waals surface area contributed by atoms with Crippen LogP contribution < -0.4 is 5.32 Å². The van der Waals surface area contributed by atoms with E-state index < -0.39 is 0 Å². The van der Waals surface area contributed by atoms with Crippen LogP contribution in [0.2, 0.25) is 0 Å². The first-order valence-electron chi connectivity index (χ1n) is 5.25. The van der Waals surface area contributed by atoms with Gasteiger partial charge in [-0.3, -0.25) is 0 Å². The molecule has 1 unspecified atom stereocenters. The highest BCUT2D eigenvalue weighted by Gasteiger charge is 1.99. The zero-order valence-corrected chi connectivity index (χ0v) is 9.16. The van der Waals surface area contributed by atoms with E-state index in [1.807, 2.05) is 6.08 Å². The Morgan fingerprint density at radius 2 is 2.43 bits per heavy atom. The van der Waals surface area contributed by atoms with Crippen molar-refractivity contribution in [2.24, 2.45) is 0 Å². The number of rotatable bonds is 6. The largest absolute Gasteiger partial charge is 0.354 e. The van der Waals surface area contributed by atoms with Crippen LogP contribution in [0.1, 0.15) is 25.8 Å². The number of hydrogen-bond acceptors (Lipinski definition) is 1. The summed E-state index contributed by atoms with van der Waals surface area (Å²) < 4.78 is 2.19. The molecule has 0 saturated heterocycles. The Morgan fingerprint density at radius 1 is 1.64 bits per heavy atom. The molecule has 14 heavy (non-hydrogen) atoms. The number of nitrogens with one attached hydrogen (secondary N) is 1. The van der Waals surface area contributed by atoms with Gasteiger partial charge in [0.25, 0.3) is 0 Å². The summed E-state index contributed by atoms with van der Waals surface area (Å²) in [5, 5.41) is 3.45. The Morgan fingerprint density at radius 3 is 3.00 bits per heavy atom. The van der Waals surface area contributed by atoms with Crippen LogP contribution in [0.25, 0.3) is 0 Å². The van der Waals surface area contributed by atoms with Crippen molar-refractivity contribution in [2.75, 3.05) is 0 Å². The van der Waals surface area contributed by atoms with Crippen molar-refractivity contribution in [3.8, 4) is 0 Å². The molecular formula is C12H20N2. The Balaban J connectivity index is 2.33. The summed E-state index contributed by atoms with van der Waals surface area (Å²) in [6, 6.07) is 2.68. The van der Waals surface area contributed by atoms with Crippen LogP contribution in [0.5, 0.6) is 0 Å². The van der Waals surface area contributed by atoms with Gasteiger partial charge in [-0.2, -0.15) is 0 Å². The molecule has 0 saturated carbocycles. The van der Waals surface area contributed by atoms with E-state index in [1.165, 1.54) is 5.56 Å². The number of nitrogens with zero attached hydrogens (tertiary/aromatic N) is 1. The predicted molar refractivity (Wildman–Crippen MR) is 61.2 cm³/mol. The first-order valence-corrected chi connectivity index (χ1v) is 5.25. The van der Waals surface area contributed by atoms with Crippen LogP contribution in [-0.2, 0) is 13.1 Å². The molecule has 0 aliphatic carbocycles. The molecule has 0 aliphatic heterocycles. The third-order valence-electron chi connectivity index (χ3n) is 2.35. The second-order valence-electron chi connectivity index (χ2n) is 3.66. The fourth-order valence-corrected chi connectivity index (χ4v) is 1.42. The molecule has 78 valence electrons. The maximum absolute atomic E-state index is 3.73. The highest BCUT2D eigenvalue weighted by Crippen LogP contribution is 2.02. The van der Waals surface area contributed by atoms with Gasteiger partial charge in [0.1, 0.15) is 0 Å². The van der Waals surface area contributed by atoms with E-state index in [4.69, 9.17) is 0 Å². The summed E-state index contributed by atoms with van der Waals surface area (Å²) in [5.74, 6) is 0. The molecule has 1 heterocycles. The molecule has 2 heteroatoms. The predicted octanol–water partition coefficient (Wildman–Crippen LogP) is 2.56. The lowest BCUT2D eigenvalue weighted by molar-refractivity contribution is 0.553. The van der Waals surface area contributed by atoms with Gasteiger partial charge in [0.15, 0.2) is 0 Å². The van der Waals surface area contributed by atoms with Gasteiger partial charge in [0, 0.05) is 31.5 Å². The van der Waals surface area contributed by atoms with E-state index >= 15 is 0 Å². The lowest BCUT2D eigenvalue weighted by Gasteiger charge is -2.10. The minimum absolute atomic E-state index is 0.512. The fraction of sp³-hybridized carbons (Fsp3) is 0.500. The van der Waals surface area contributed by atoms with Crippen molar-refractivity contribution in [3.63, 3.8) is 0 Å². The van der Waals surface area contributed by atoms with Crippen LogP contribution in [0, 0.1) is 0 Å². The van der Waals surface area contributed by atoms with Gasteiger partial charge in [0.2, 0.25) is 0 Å². The Kier molecular flexibility index (Phi) is 4.47. The summed E-state index contributed by atoms with van der Waals surface area (Å²) in [6.07, 6.45) is 7.28. The zero-order valence-electron chi connectivity index (χ0n) is 9.16. The summed E-state index contributed by atoms with van der Waals surface area (Å²) in [4.78, 5) is 0. The SMILES string of the molecule is C=CCC(C)NCc1ccn(CC)c1. The minimum Gasteiger partial charge on any atom is -0.354 e. The molecule has 1 atom stereocenters. The molecule has 0 aliphatic rings. The van der Waals surface area contributed by atoms with Crippen molar-refractivity contribution in [3.05, 3.63) is 36.7 Å². The van der Waals surface area contributed by atoms with Crippen molar-refractivity contribution < 1.29 is 0 Å². The average Bonchev–Trinajstić information content (AvgIpc) is 2.63. The van der Waals surface area contributed by atoms with Crippen LogP contribution in [0.3, 0.4) is 0 Å². The molecular weight excluding hydrogens is 172 g/mol. The Labute approximate surface area is 86.6 Å². The zero-order chi connectivity index (χ0) is 10.4. The molecule has 0 fully saturated rings. The number of aryl methyl sites for hydroxylation is 1. The van der Waals surface area contributed by atoms with Gasteiger partial charge in [-0.25, -0.2) is 0 Å². The van der Waals surface area contributed by atoms with Gasteiger partial charge in [-0.15, -0.1) is 6.58 Å². The van der Waals surface area contributed by atoms with Crippen LogP contribution in [0.4, 0.5) is 0 Å². The molecule has 0 spiro atoms. The van der Waals surface area contributed by atoms with E-state index in [0.717, 1.165) is 19.5 Å². The molecule has 1 rings (SSSR count). The summed E-state index contributed by atoms with van der Waals surface area (Å²) in [7, 11) is 0. The second kappa shape index (κ2) is 5.66. The first kappa shape index (κ1) is 11.1. The number of hydrogen-bond donors (Lipinski definition) is 1. The molecule has 0 amide bonds. The van der Waals surface area contributed by atoms with Crippen LogP contribution in [-0.4, -0.2) is 10.6 Å². The highest BCUT2D eigenvalue weighted by molar-refractivity contribution is 5.09. The monoisotopic (exact) mass is 192 g/mol. The summed E-state index contributed by atoms with van der Waals surface area (Å²) in [6.45, 7) is 10.0. The lowest BCUT2D eigenvalue weighted by Crippen LogP contribution is -2.24. The normalized spacial score (nSPS) is 12.7. The minimum atomic E-state index is 0.512. The molecule has 1 N–H and O–H groups in total. The van der Waals surface area contributed by atoms with Gasteiger partial charge < -0.3 is 9.88 Å². The van der Waals surface area contributed by atoms with E-state index in [9.17, 15) is 0 Å². The summed E-state index contributed by atoms with van der Waals surface area (Å²) >= 11 is 0. The van der Waals surface area contributed by atoms with E-state index in [1.54, 1.807) is 0 Å². The smallest absolute Gasteiger partial charge is 0.0223 e. The number of aromatic nitrogens is 1. The quantitative estimate of drug-likeness (QED) is 0.685. The molecule has 0 aromatic carbocycles. The Hall–Kier alpha value is -1.02. The second-order valence-corrected chi connectivity index (χ2v) is 3.66. The van der Waals surface area contributed by atoms with Crippen LogP contribution in [0.15, 0.2) is 31.1 Å². The third-order valence-corrected chi connectivity index (χ3v) is 2.35. The van der Waals surface area contributed by atoms with Crippen molar-refractivity contribution in [1.29, 1.82) is 0 Å². The Bertz CT molecular complexity index is 276. The molecule has 1 aromatic heterocycles. The maximum atomic E-state index is 3.73. The van der Waals surface area contributed by atoms with Crippen molar-refractivity contribution in [2.45, 2.75) is 39.4 Å². The molecule has 0 radical (unpaired) electrons. The van der Waals surface area contributed by atoms with E-state index in [-0.39, 0.29) is 0 Å². The van der Waals surface area contributed by atoms with E-state index in [0.29, 0.717) is 6.04 Å². The summed E-state index contributed by atoms with van der Waals surface area (Å²) in [5.41, 5.74) is 1.35. The topological polar surface area (TPSA) is 17.0 Å². The molecule has 2 nitrogen and oxygen atoms in total. The van der Waals surface area contributed by atoms with Gasteiger partial charge in [-0.05, 0) is 31.9 Å². The maximum Gasteiger partial charge on any atom is 0.0223 e. The average molecular weight is 192 g/mol. The highest BCUT2D eigenvalue weighted by atomic mass is 14.9. The van der Waals surface area contributed by atoms with Crippen LogP contribution >= 0.6 is 0 Å². The third kappa shape index (κ3) is 3.38.